The first-order valence-corrected chi connectivity index (χ1v) is 5.06. The SMILES string of the molecule is C#Cc1cc(S(C)(=O)=O)ccn1. The first kappa shape index (κ1) is 8.75. The topological polar surface area (TPSA) is 47.0 Å². The number of hydrogen-bond acceptors (Lipinski definition) is 3. The van der Waals surface area contributed by atoms with Gasteiger partial charge in [-0.1, -0.05) is 5.92 Å². The highest BCUT2D eigenvalue weighted by molar-refractivity contribution is 7.90. The Hall–Kier alpha value is -1.34. The summed E-state index contributed by atoms with van der Waals surface area (Å²) < 4.78 is 22.0. The van der Waals surface area contributed by atoms with Crippen LogP contribution in [0.4, 0.5) is 0 Å². The van der Waals surface area contributed by atoms with Crippen LogP contribution in [0.25, 0.3) is 0 Å². The van der Waals surface area contributed by atoms with Crippen LogP contribution in [0.5, 0.6) is 0 Å². The van der Waals surface area contributed by atoms with Gasteiger partial charge in [0.15, 0.2) is 9.84 Å². The molecule has 62 valence electrons. The van der Waals surface area contributed by atoms with Gasteiger partial charge in [0, 0.05) is 12.5 Å². The smallest absolute Gasteiger partial charge is 0.175 e. The van der Waals surface area contributed by atoms with E-state index in [1.165, 1.54) is 18.3 Å². The summed E-state index contributed by atoms with van der Waals surface area (Å²) in [5.41, 5.74) is 0.331. The van der Waals surface area contributed by atoms with Gasteiger partial charge in [-0.3, -0.25) is 0 Å². The Morgan fingerprint density at radius 1 is 1.58 bits per heavy atom. The largest absolute Gasteiger partial charge is 0.248 e. The molecule has 12 heavy (non-hydrogen) atoms. The monoisotopic (exact) mass is 181 g/mol. The van der Waals surface area contributed by atoms with Gasteiger partial charge in [-0.2, -0.15) is 0 Å². The number of sulfone groups is 1. The molecule has 3 nitrogen and oxygen atoms in total. The van der Waals surface area contributed by atoms with Gasteiger partial charge in [-0.25, -0.2) is 13.4 Å². The highest BCUT2D eigenvalue weighted by Crippen LogP contribution is 2.07. The van der Waals surface area contributed by atoms with Crippen LogP contribution >= 0.6 is 0 Å². The lowest BCUT2D eigenvalue weighted by atomic mass is 10.4. The second-order valence-corrected chi connectivity index (χ2v) is 4.31. The third-order valence-corrected chi connectivity index (χ3v) is 2.42. The van der Waals surface area contributed by atoms with E-state index in [0.29, 0.717) is 5.69 Å². The van der Waals surface area contributed by atoms with Crippen molar-refractivity contribution >= 4 is 9.84 Å². The molecule has 0 radical (unpaired) electrons. The number of aromatic nitrogens is 1. The van der Waals surface area contributed by atoms with Crippen molar-refractivity contribution < 1.29 is 8.42 Å². The molecule has 0 aliphatic rings. The molecule has 1 heterocycles. The summed E-state index contributed by atoms with van der Waals surface area (Å²) in [4.78, 5) is 3.97. The van der Waals surface area contributed by atoms with E-state index in [1.54, 1.807) is 0 Å². The molecule has 4 heteroatoms. The van der Waals surface area contributed by atoms with E-state index in [4.69, 9.17) is 6.42 Å². The van der Waals surface area contributed by atoms with E-state index in [1.807, 2.05) is 0 Å². The molecule has 0 saturated heterocycles. The van der Waals surface area contributed by atoms with Gasteiger partial charge in [0.05, 0.1) is 4.90 Å². The molecule has 0 amide bonds. The van der Waals surface area contributed by atoms with E-state index in [9.17, 15) is 8.42 Å². The van der Waals surface area contributed by atoms with Crippen LogP contribution in [0.2, 0.25) is 0 Å². The van der Waals surface area contributed by atoms with Gasteiger partial charge in [-0.15, -0.1) is 6.42 Å². The van der Waals surface area contributed by atoms with Crippen LogP contribution in [0.3, 0.4) is 0 Å². The number of terminal acetylenes is 1. The van der Waals surface area contributed by atoms with Crippen molar-refractivity contribution in [2.45, 2.75) is 4.90 Å². The molecule has 0 spiro atoms. The summed E-state index contributed by atoms with van der Waals surface area (Å²) in [6.07, 6.45) is 7.56. The molecule has 0 saturated carbocycles. The van der Waals surface area contributed by atoms with E-state index in [-0.39, 0.29) is 4.90 Å². The van der Waals surface area contributed by atoms with Crippen LogP contribution in [-0.4, -0.2) is 19.7 Å². The van der Waals surface area contributed by atoms with Crippen molar-refractivity contribution in [1.82, 2.24) is 4.98 Å². The van der Waals surface area contributed by atoms with Gasteiger partial charge in [0.2, 0.25) is 0 Å². The molecule has 0 fully saturated rings. The Morgan fingerprint density at radius 3 is 2.75 bits per heavy atom. The lowest BCUT2D eigenvalue weighted by molar-refractivity contribution is 0.601. The Labute approximate surface area is 71.4 Å². The first-order valence-electron chi connectivity index (χ1n) is 3.17. The third kappa shape index (κ3) is 1.83. The fraction of sp³-hybridized carbons (Fsp3) is 0.125. The molecule has 0 aromatic carbocycles. The average molecular weight is 181 g/mol. The fourth-order valence-electron chi connectivity index (χ4n) is 0.721. The highest BCUT2D eigenvalue weighted by Gasteiger charge is 2.06. The van der Waals surface area contributed by atoms with Crippen molar-refractivity contribution in [3.63, 3.8) is 0 Å². The molecule has 0 unspecified atom stereocenters. The minimum Gasteiger partial charge on any atom is -0.248 e. The van der Waals surface area contributed by atoms with Crippen molar-refractivity contribution in [1.29, 1.82) is 0 Å². The molecule has 0 aliphatic carbocycles. The lowest BCUT2D eigenvalue weighted by Crippen LogP contribution is -1.97. The number of pyridine rings is 1. The van der Waals surface area contributed by atoms with Crippen LogP contribution in [-0.2, 0) is 9.84 Å². The number of rotatable bonds is 1. The molecular weight excluding hydrogens is 174 g/mol. The second kappa shape index (κ2) is 2.95. The van der Waals surface area contributed by atoms with Gasteiger partial charge in [-0.05, 0) is 12.1 Å². The van der Waals surface area contributed by atoms with E-state index >= 15 is 0 Å². The van der Waals surface area contributed by atoms with E-state index in [0.717, 1.165) is 6.26 Å². The van der Waals surface area contributed by atoms with Crippen LogP contribution in [0.15, 0.2) is 23.2 Å². The minimum atomic E-state index is -3.17. The Balaban J connectivity index is 3.32. The summed E-state index contributed by atoms with van der Waals surface area (Å²) in [7, 11) is -3.17. The van der Waals surface area contributed by atoms with Crippen LogP contribution in [0.1, 0.15) is 5.69 Å². The van der Waals surface area contributed by atoms with Crippen LogP contribution in [0, 0.1) is 12.3 Å². The Morgan fingerprint density at radius 2 is 2.25 bits per heavy atom. The van der Waals surface area contributed by atoms with E-state index < -0.39 is 9.84 Å². The predicted molar refractivity (Wildman–Crippen MR) is 45.3 cm³/mol. The molecular formula is C8H7NO2S. The van der Waals surface area contributed by atoms with Gasteiger partial charge in [0.25, 0.3) is 0 Å². The molecule has 0 atom stereocenters. The van der Waals surface area contributed by atoms with E-state index in [2.05, 4.69) is 10.9 Å². The summed E-state index contributed by atoms with van der Waals surface area (Å²) in [5, 5.41) is 0. The van der Waals surface area contributed by atoms with Crippen molar-refractivity contribution in [2.24, 2.45) is 0 Å². The number of nitrogens with zero attached hydrogens (tertiary/aromatic N) is 1. The first-order chi connectivity index (χ1) is 5.54. The van der Waals surface area contributed by atoms with Gasteiger partial charge < -0.3 is 0 Å². The summed E-state index contributed by atoms with van der Waals surface area (Å²) in [6.45, 7) is 0. The predicted octanol–water partition coefficient (Wildman–Crippen LogP) is 0.466. The van der Waals surface area contributed by atoms with Gasteiger partial charge >= 0.3 is 0 Å². The molecule has 1 aromatic rings. The Kier molecular flexibility index (Phi) is 2.15. The molecule has 0 N–H and O–H groups in total. The lowest BCUT2D eigenvalue weighted by Gasteiger charge is -1.96. The van der Waals surface area contributed by atoms with Crippen molar-refractivity contribution in [3.8, 4) is 12.3 Å². The van der Waals surface area contributed by atoms with Crippen LogP contribution < -0.4 is 0 Å². The van der Waals surface area contributed by atoms with Gasteiger partial charge in [0.1, 0.15) is 5.69 Å². The summed E-state index contributed by atoms with van der Waals surface area (Å²) >= 11 is 0. The highest BCUT2D eigenvalue weighted by atomic mass is 32.2. The zero-order valence-electron chi connectivity index (χ0n) is 6.48. The number of hydrogen-bond donors (Lipinski definition) is 0. The normalized spacial score (nSPS) is 10.7. The second-order valence-electron chi connectivity index (χ2n) is 2.29. The zero-order chi connectivity index (χ0) is 9.19. The maximum Gasteiger partial charge on any atom is 0.175 e. The van der Waals surface area contributed by atoms with Crippen molar-refractivity contribution in [3.05, 3.63) is 24.0 Å². The molecule has 1 aromatic heterocycles. The molecule has 0 aliphatic heterocycles. The molecule has 1 rings (SSSR count). The summed E-state index contributed by atoms with van der Waals surface area (Å²) in [6, 6.07) is 2.78. The maximum atomic E-state index is 11.0. The zero-order valence-corrected chi connectivity index (χ0v) is 7.30. The summed E-state index contributed by atoms with van der Waals surface area (Å²) in [5.74, 6) is 2.26. The molecule has 0 bridgehead atoms. The maximum absolute atomic E-state index is 11.0. The fourth-order valence-corrected chi connectivity index (χ4v) is 1.35. The van der Waals surface area contributed by atoms with Crippen molar-refractivity contribution in [2.75, 3.05) is 6.26 Å². The quantitative estimate of drug-likeness (QED) is 0.591. The third-order valence-electron chi connectivity index (χ3n) is 1.31. The average Bonchev–Trinajstić information content (AvgIpc) is 2.03. The minimum absolute atomic E-state index is 0.199. The Bertz CT molecular complexity index is 429. The standard InChI is InChI=1S/C8H7NO2S/c1-3-7-6-8(4-5-9-7)12(2,10)11/h1,4-6H,2H3.